The third kappa shape index (κ3) is 5.63. The molecule has 2 aromatic carbocycles. The monoisotopic (exact) mass is 551 g/mol. The highest BCUT2D eigenvalue weighted by Gasteiger charge is 2.33. The first-order valence-corrected chi connectivity index (χ1v) is 13.1. The van der Waals surface area contributed by atoms with Crippen LogP contribution >= 0.6 is 11.3 Å². The van der Waals surface area contributed by atoms with Crippen molar-refractivity contribution in [3.63, 3.8) is 0 Å². The Morgan fingerprint density at radius 3 is 2.62 bits per heavy atom. The standard InChI is InChI=1S/C28H29N3O7S/c1-16(2)12-13-38-21-11-10-19(14-22(21)36-4)25-24(27(33)37-5)17(3)29-28-30(25)26(32)23(39-28)15-18-8-6-7-9-20(18)31(34)35/h6-11,14-16,25H,12-13H2,1-5H3. The summed E-state index contributed by atoms with van der Waals surface area (Å²) in [5, 5.41) is 11.5. The van der Waals surface area contributed by atoms with E-state index in [1.54, 1.807) is 43.3 Å². The number of rotatable bonds is 9. The first kappa shape index (κ1) is 27.8. The number of allylic oxidation sites excluding steroid dienone is 1. The van der Waals surface area contributed by atoms with E-state index in [0.29, 0.717) is 40.1 Å². The summed E-state index contributed by atoms with van der Waals surface area (Å²) in [5.41, 5.74) is 0.935. The number of thiazole rings is 1. The number of carbonyl (C=O) groups is 1. The maximum Gasteiger partial charge on any atom is 0.338 e. The Kier molecular flexibility index (Phi) is 8.29. The van der Waals surface area contributed by atoms with Crippen molar-refractivity contribution in [2.75, 3.05) is 20.8 Å². The Hall–Kier alpha value is -4.25. The van der Waals surface area contributed by atoms with E-state index in [-0.39, 0.29) is 21.4 Å². The van der Waals surface area contributed by atoms with Crippen LogP contribution in [0.15, 0.2) is 63.5 Å². The molecule has 2 heterocycles. The van der Waals surface area contributed by atoms with E-state index >= 15 is 0 Å². The SMILES string of the molecule is COC(=O)C1=C(C)N=c2sc(=Cc3ccccc3[N+](=O)[O-])c(=O)n2C1c1ccc(OCCC(C)C)c(OC)c1. The Morgan fingerprint density at radius 1 is 1.21 bits per heavy atom. The van der Waals surface area contributed by atoms with Gasteiger partial charge in [-0.1, -0.05) is 43.4 Å². The number of ether oxygens (including phenoxy) is 3. The Balaban J connectivity index is 1.89. The average molecular weight is 552 g/mol. The van der Waals surface area contributed by atoms with Crippen molar-refractivity contribution >= 4 is 29.1 Å². The topological polar surface area (TPSA) is 122 Å². The molecule has 10 nitrogen and oxygen atoms in total. The van der Waals surface area contributed by atoms with Gasteiger partial charge in [-0.25, -0.2) is 9.79 Å². The highest BCUT2D eigenvalue weighted by Crippen LogP contribution is 2.36. The van der Waals surface area contributed by atoms with Crippen LogP contribution in [0.1, 0.15) is 44.4 Å². The minimum Gasteiger partial charge on any atom is -0.493 e. The Labute approximate surface area is 228 Å². The molecule has 39 heavy (non-hydrogen) atoms. The van der Waals surface area contributed by atoms with Crippen molar-refractivity contribution < 1.29 is 23.9 Å². The fourth-order valence-corrected chi connectivity index (χ4v) is 5.34. The molecule has 204 valence electrons. The summed E-state index contributed by atoms with van der Waals surface area (Å²) in [6, 6.07) is 10.6. The molecule has 1 aromatic heterocycles. The predicted octanol–water partition coefficient (Wildman–Crippen LogP) is 3.75. The molecule has 0 aliphatic carbocycles. The van der Waals surface area contributed by atoms with Gasteiger partial charge in [0.15, 0.2) is 16.3 Å². The summed E-state index contributed by atoms with van der Waals surface area (Å²) >= 11 is 1.09. The van der Waals surface area contributed by atoms with Gasteiger partial charge in [-0.05, 0) is 49.1 Å². The van der Waals surface area contributed by atoms with Gasteiger partial charge in [0.2, 0.25) is 0 Å². The highest BCUT2D eigenvalue weighted by atomic mass is 32.1. The minimum atomic E-state index is -0.861. The van der Waals surface area contributed by atoms with Gasteiger partial charge in [-0.3, -0.25) is 19.5 Å². The van der Waals surface area contributed by atoms with Gasteiger partial charge in [-0.2, -0.15) is 0 Å². The number of benzene rings is 2. The predicted molar refractivity (Wildman–Crippen MR) is 147 cm³/mol. The van der Waals surface area contributed by atoms with Crippen LogP contribution in [0.3, 0.4) is 0 Å². The number of nitrogens with zero attached hydrogens (tertiary/aromatic N) is 3. The molecule has 1 unspecified atom stereocenters. The number of hydrogen-bond donors (Lipinski definition) is 0. The fraction of sp³-hybridized carbons (Fsp3) is 0.321. The van der Waals surface area contributed by atoms with E-state index in [9.17, 15) is 19.7 Å². The van der Waals surface area contributed by atoms with Gasteiger partial charge in [-0.15, -0.1) is 0 Å². The molecule has 0 fully saturated rings. The molecule has 0 saturated heterocycles. The molecule has 0 radical (unpaired) electrons. The zero-order valence-electron chi connectivity index (χ0n) is 22.3. The Morgan fingerprint density at radius 2 is 1.95 bits per heavy atom. The second kappa shape index (κ2) is 11.6. The van der Waals surface area contributed by atoms with Crippen LogP contribution in [0, 0.1) is 16.0 Å². The first-order valence-electron chi connectivity index (χ1n) is 12.3. The van der Waals surface area contributed by atoms with E-state index in [4.69, 9.17) is 14.2 Å². The molecule has 0 spiro atoms. The lowest BCUT2D eigenvalue weighted by Gasteiger charge is -2.25. The average Bonchev–Trinajstić information content (AvgIpc) is 3.21. The van der Waals surface area contributed by atoms with Crippen LogP contribution in [0.2, 0.25) is 0 Å². The first-order chi connectivity index (χ1) is 18.7. The van der Waals surface area contributed by atoms with Crippen molar-refractivity contribution in [2.24, 2.45) is 10.9 Å². The van der Waals surface area contributed by atoms with Crippen LogP contribution in [-0.4, -0.2) is 36.3 Å². The summed E-state index contributed by atoms with van der Waals surface area (Å²) in [6.45, 7) is 6.41. The van der Waals surface area contributed by atoms with E-state index < -0.39 is 22.5 Å². The molecule has 1 atom stereocenters. The third-order valence-electron chi connectivity index (χ3n) is 6.30. The number of nitro benzene ring substituents is 1. The smallest absolute Gasteiger partial charge is 0.338 e. The van der Waals surface area contributed by atoms with Crippen molar-refractivity contribution in [3.8, 4) is 11.5 Å². The number of esters is 1. The van der Waals surface area contributed by atoms with Crippen LogP contribution in [0.4, 0.5) is 5.69 Å². The number of aromatic nitrogens is 1. The van der Waals surface area contributed by atoms with E-state index in [2.05, 4.69) is 18.8 Å². The molecule has 11 heteroatoms. The number of fused-ring (bicyclic) bond motifs is 1. The number of nitro groups is 1. The van der Waals surface area contributed by atoms with Gasteiger partial charge in [0.1, 0.15) is 0 Å². The second-order valence-corrected chi connectivity index (χ2v) is 10.3. The van der Waals surface area contributed by atoms with E-state index in [1.165, 1.54) is 30.9 Å². The van der Waals surface area contributed by atoms with Crippen molar-refractivity contribution in [1.82, 2.24) is 4.57 Å². The summed E-state index contributed by atoms with van der Waals surface area (Å²) in [7, 11) is 2.79. The van der Waals surface area contributed by atoms with Crippen molar-refractivity contribution in [3.05, 3.63) is 94.7 Å². The molecule has 1 aliphatic rings. The molecule has 4 rings (SSSR count). The molecule has 1 aliphatic heterocycles. The fourth-order valence-electron chi connectivity index (χ4n) is 4.30. The van der Waals surface area contributed by atoms with Gasteiger partial charge < -0.3 is 14.2 Å². The normalized spacial score (nSPS) is 15.1. The lowest BCUT2D eigenvalue weighted by Crippen LogP contribution is -2.39. The maximum atomic E-state index is 13.8. The summed E-state index contributed by atoms with van der Waals surface area (Å²) < 4.78 is 18.2. The quantitative estimate of drug-likeness (QED) is 0.225. The summed E-state index contributed by atoms with van der Waals surface area (Å²) in [5.74, 6) is 0.859. The van der Waals surface area contributed by atoms with Gasteiger partial charge in [0.05, 0.1) is 53.2 Å². The van der Waals surface area contributed by atoms with E-state index in [0.717, 1.165) is 17.8 Å². The number of para-hydroxylation sites is 1. The van der Waals surface area contributed by atoms with Crippen LogP contribution < -0.4 is 24.4 Å². The number of hydrogen-bond acceptors (Lipinski definition) is 9. The van der Waals surface area contributed by atoms with Gasteiger partial charge >= 0.3 is 5.97 Å². The number of methoxy groups -OCH3 is 2. The molecule has 0 N–H and O–H groups in total. The van der Waals surface area contributed by atoms with Crippen molar-refractivity contribution in [1.29, 1.82) is 0 Å². The van der Waals surface area contributed by atoms with Crippen LogP contribution in [-0.2, 0) is 9.53 Å². The van der Waals surface area contributed by atoms with Gasteiger partial charge in [0, 0.05) is 6.07 Å². The molecular formula is C28H29N3O7S. The zero-order valence-corrected chi connectivity index (χ0v) is 23.1. The second-order valence-electron chi connectivity index (χ2n) is 9.33. The lowest BCUT2D eigenvalue weighted by molar-refractivity contribution is -0.385. The highest BCUT2D eigenvalue weighted by molar-refractivity contribution is 7.07. The van der Waals surface area contributed by atoms with Crippen LogP contribution in [0.5, 0.6) is 11.5 Å². The summed E-state index contributed by atoms with van der Waals surface area (Å²) in [6.07, 6.45) is 2.35. The van der Waals surface area contributed by atoms with Crippen LogP contribution in [0.25, 0.3) is 6.08 Å². The molecule has 0 bridgehead atoms. The third-order valence-corrected chi connectivity index (χ3v) is 7.29. The van der Waals surface area contributed by atoms with Gasteiger partial charge in [0.25, 0.3) is 11.2 Å². The minimum absolute atomic E-state index is 0.121. The number of carbonyl (C=O) groups excluding carboxylic acids is 1. The van der Waals surface area contributed by atoms with Crippen molar-refractivity contribution in [2.45, 2.75) is 33.2 Å². The lowest BCUT2D eigenvalue weighted by atomic mass is 9.95. The van der Waals surface area contributed by atoms with E-state index in [1.807, 2.05) is 0 Å². The molecule has 0 saturated carbocycles. The largest absolute Gasteiger partial charge is 0.493 e. The zero-order chi connectivity index (χ0) is 28.3. The molecule has 0 amide bonds. The molecular weight excluding hydrogens is 522 g/mol. The summed E-state index contributed by atoms with van der Waals surface area (Å²) in [4.78, 5) is 42.6. The molecule has 3 aromatic rings. The Bertz CT molecular complexity index is 1640. The maximum absolute atomic E-state index is 13.8.